The predicted octanol–water partition coefficient (Wildman–Crippen LogP) is 3.81. The summed E-state index contributed by atoms with van der Waals surface area (Å²) in [6, 6.07) is 11.4. The average Bonchev–Trinajstić information content (AvgIpc) is 2.55. The van der Waals surface area contributed by atoms with Gasteiger partial charge in [-0.15, -0.1) is 0 Å². The minimum absolute atomic E-state index is 0.0988. The van der Waals surface area contributed by atoms with Crippen molar-refractivity contribution in [2.45, 2.75) is 26.8 Å². The Morgan fingerprint density at radius 1 is 1.09 bits per heavy atom. The van der Waals surface area contributed by atoms with E-state index in [2.05, 4.69) is 23.5 Å². The Bertz CT molecular complexity index is 710. The first-order chi connectivity index (χ1) is 11.0. The maximum atomic E-state index is 12.6. The van der Waals surface area contributed by atoms with Gasteiger partial charge in [-0.3, -0.25) is 4.79 Å². The molecule has 0 aliphatic carbocycles. The Hall–Kier alpha value is -2.49. The highest BCUT2D eigenvalue weighted by molar-refractivity contribution is 5.98. The summed E-state index contributed by atoms with van der Waals surface area (Å²) in [5, 5.41) is 3.03. The maximum absolute atomic E-state index is 12.6. The lowest BCUT2D eigenvalue weighted by Gasteiger charge is -2.19. The van der Waals surface area contributed by atoms with Gasteiger partial charge in [0.15, 0.2) is 11.5 Å². The fraction of sp³-hybridized carbons (Fsp3) is 0.316. The van der Waals surface area contributed by atoms with Gasteiger partial charge in [0.1, 0.15) is 0 Å². The monoisotopic (exact) mass is 313 g/mol. The molecular weight excluding hydrogens is 290 g/mol. The van der Waals surface area contributed by atoms with Crippen molar-refractivity contribution < 1.29 is 14.3 Å². The summed E-state index contributed by atoms with van der Waals surface area (Å²) in [4.78, 5) is 12.6. The molecule has 0 saturated heterocycles. The van der Waals surface area contributed by atoms with E-state index in [0.717, 1.165) is 11.1 Å². The van der Waals surface area contributed by atoms with Crippen LogP contribution < -0.4 is 14.8 Å². The number of amides is 1. The highest BCUT2D eigenvalue weighted by atomic mass is 16.5. The molecule has 0 saturated carbocycles. The van der Waals surface area contributed by atoms with Gasteiger partial charge < -0.3 is 14.8 Å². The third-order valence-corrected chi connectivity index (χ3v) is 3.90. The van der Waals surface area contributed by atoms with Crippen molar-refractivity contribution in [2.24, 2.45) is 0 Å². The van der Waals surface area contributed by atoms with Crippen LogP contribution in [0.5, 0.6) is 11.5 Å². The van der Waals surface area contributed by atoms with Gasteiger partial charge in [-0.2, -0.15) is 0 Å². The van der Waals surface area contributed by atoms with Gasteiger partial charge in [-0.1, -0.05) is 29.8 Å². The number of para-hydroxylation sites is 1. The molecule has 0 heterocycles. The molecule has 0 spiro atoms. The Labute approximate surface area is 137 Å². The lowest BCUT2D eigenvalue weighted by Crippen LogP contribution is -2.27. The zero-order valence-corrected chi connectivity index (χ0v) is 14.3. The molecule has 0 bridgehead atoms. The zero-order valence-electron chi connectivity index (χ0n) is 14.3. The van der Waals surface area contributed by atoms with Crippen LogP contribution in [0.4, 0.5) is 0 Å². The molecule has 4 nitrogen and oxygen atoms in total. The number of rotatable bonds is 5. The van der Waals surface area contributed by atoms with E-state index in [4.69, 9.17) is 9.47 Å². The third-order valence-electron chi connectivity index (χ3n) is 3.90. The molecule has 0 fully saturated rings. The lowest BCUT2D eigenvalue weighted by atomic mass is 9.99. The lowest BCUT2D eigenvalue weighted by molar-refractivity contribution is 0.0936. The highest BCUT2D eigenvalue weighted by Crippen LogP contribution is 2.31. The normalized spacial score (nSPS) is 11.7. The van der Waals surface area contributed by atoms with Gasteiger partial charge in [0.25, 0.3) is 5.91 Å². The summed E-state index contributed by atoms with van der Waals surface area (Å²) in [5.74, 6) is 0.800. The second-order valence-corrected chi connectivity index (χ2v) is 5.60. The first-order valence-electron chi connectivity index (χ1n) is 7.57. The van der Waals surface area contributed by atoms with E-state index < -0.39 is 0 Å². The van der Waals surface area contributed by atoms with Crippen LogP contribution in [-0.4, -0.2) is 20.1 Å². The van der Waals surface area contributed by atoms with E-state index in [0.29, 0.717) is 17.1 Å². The van der Waals surface area contributed by atoms with Gasteiger partial charge >= 0.3 is 0 Å². The molecule has 0 aromatic heterocycles. The van der Waals surface area contributed by atoms with Crippen LogP contribution in [0, 0.1) is 13.8 Å². The van der Waals surface area contributed by atoms with E-state index in [-0.39, 0.29) is 11.9 Å². The summed E-state index contributed by atoms with van der Waals surface area (Å²) in [6.07, 6.45) is 0. The summed E-state index contributed by atoms with van der Waals surface area (Å²) in [7, 11) is 3.08. The quantitative estimate of drug-likeness (QED) is 0.913. The summed E-state index contributed by atoms with van der Waals surface area (Å²) in [6.45, 7) is 6.07. The van der Waals surface area contributed by atoms with Gasteiger partial charge in [0, 0.05) is 0 Å². The van der Waals surface area contributed by atoms with Gasteiger partial charge in [-0.05, 0) is 44.0 Å². The van der Waals surface area contributed by atoms with E-state index in [1.54, 1.807) is 25.3 Å². The minimum atomic E-state index is -0.186. The number of hydrogen-bond acceptors (Lipinski definition) is 3. The van der Waals surface area contributed by atoms with Crippen molar-refractivity contribution in [1.29, 1.82) is 0 Å². The second kappa shape index (κ2) is 7.18. The number of aryl methyl sites for hydroxylation is 2. The number of hydrogen-bond donors (Lipinski definition) is 1. The molecular formula is C19H23NO3. The van der Waals surface area contributed by atoms with Crippen LogP contribution in [0.3, 0.4) is 0 Å². The van der Waals surface area contributed by atoms with Crippen LogP contribution in [0.15, 0.2) is 36.4 Å². The fourth-order valence-corrected chi connectivity index (χ4v) is 2.64. The molecule has 1 amide bonds. The van der Waals surface area contributed by atoms with Crippen molar-refractivity contribution >= 4 is 5.91 Å². The maximum Gasteiger partial charge on any atom is 0.255 e. The number of methoxy groups -OCH3 is 2. The van der Waals surface area contributed by atoms with Crippen molar-refractivity contribution in [3.63, 3.8) is 0 Å². The molecule has 0 radical (unpaired) electrons. The summed E-state index contributed by atoms with van der Waals surface area (Å²) in [5.41, 5.74) is 3.90. The molecule has 1 N–H and O–H groups in total. The van der Waals surface area contributed by atoms with Crippen LogP contribution in [-0.2, 0) is 0 Å². The molecule has 1 atom stereocenters. The largest absolute Gasteiger partial charge is 0.493 e. The molecule has 2 rings (SSSR count). The Morgan fingerprint density at radius 2 is 1.83 bits per heavy atom. The molecule has 122 valence electrons. The number of nitrogens with one attached hydrogen (secondary N) is 1. The molecule has 0 unspecified atom stereocenters. The minimum Gasteiger partial charge on any atom is -0.493 e. The molecule has 0 aliphatic heterocycles. The number of carbonyl (C=O) groups is 1. The van der Waals surface area contributed by atoms with Crippen molar-refractivity contribution in [3.8, 4) is 11.5 Å². The van der Waals surface area contributed by atoms with Crippen molar-refractivity contribution in [3.05, 3.63) is 58.7 Å². The van der Waals surface area contributed by atoms with Crippen LogP contribution in [0.1, 0.15) is 40.0 Å². The third kappa shape index (κ3) is 3.65. The Kier molecular flexibility index (Phi) is 5.27. The van der Waals surface area contributed by atoms with Crippen molar-refractivity contribution in [1.82, 2.24) is 5.32 Å². The highest BCUT2D eigenvalue weighted by Gasteiger charge is 2.19. The molecule has 0 aliphatic rings. The molecule has 2 aromatic carbocycles. The Balaban J connectivity index is 2.27. The fourth-order valence-electron chi connectivity index (χ4n) is 2.64. The summed E-state index contributed by atoms with van der Waals surface area (Å²) < 4.78 is 10.6. The van der Waals surface area contributed by atoms with Crippen LogP contribution in [0.25, 0.3) is 0 Å². The molecule has 4 heteroatoms. The predicted molar refractivity (Wildman–Crippen MR) is 91.3 cm³/mol. The number of carbonyl (C=O) groups excluding carboxylic acids is 1. The van der Waals surface area contributed by atoms with Crippen LogP contribution >= 0.6 is 0 Å². The molecule has 23 heavy (non-hydrogen) atoms. The van der Waals surface area contributed by atoms with E-state index >= 15 is 0 Å². The van der Waals surface area contributed by atoms with E-state index in [1.807, 2.05) is 20.8 Å². The van der Waals surface area contributed by atoms with Gasteiger partial charge in [0.2, 0.25) is 0 Å². The first-order valence-corrected chi connectivity index (χ1v) is 7.57. The van der Waals surface area contributed by atoms with Gasteiger partial charge in [0.05, 0.1) is 25.8 Å². The van der Waals surface area contributed by atoms with E-state index in [1.165, 1.54) is 12.7 Å². The van der Waals surface area contributed by atoms with E-state index in [9.17, 15) is 4.79 Å². The van der Waals surface area contributed by atoms with Crippen LogP contribution in [0.2, 0.25) is 0 Å². The van der Waals surface area contributed by atoms with Gasteiger partial charge in [-0.25, -0.2) is 0 Å². The topological polar surface area (TPSA) is 47.6 Å². The molecule has 2 aromatic rings. The van der Waals surface area contributed by atoms with Crippen molar-refractivity contribution in [2.75, 3.05) is 14.2 Å². The average molecular weight is 313 g/mol. The summed E-state index contributed by atoms with van der Waals surface area (Å²) >= 11 is 0. The zero-order chi connectivity index (χ0) is 17.0. The Morgan fingerprint density at radius 3 is 2.48 bits per heavy atom. The second-order valence-electron chi connectivity index (χ2n) is 5.60. The smallest absolute Gasteiger partial charge is 0.255 e. The number of benzene rings is 2. The first kappa shape index (κ1) is 16.9. The number of ether oxygens (including phenoxy) is 2. The SMILES string of the molecule is COc1cccc(C(=O)N[C@H](C)c2cc(C)ccc2C)c1OC. The standard InChI is InChI=1S/C19H23NO3/c1-12-9-10-13(2)16(11-12)14(3)20-19(21)15-7-6-8-17(22-4)18(15)23-5/h6-11,14H,1-5H3,(H,20,21)/t14-/m1/s1.